The Morgan fingerprint density at radius 3 is 2.78 bits per heavy atom. The molecule has 6 heteroatoms. The van der Waals surface area contributed by atoms with Crippen molar-refractivity contribution < 1.29 is 10.2 Å². The van der Waals surface area contributed by atoms with Gasteiger partial charge in [0.25, 0.3) is 5.56 Å². The Labute approximate surface area is 103 Å². The molecule has 0 bridgehead atoms. The van der Waals surface area contributed by atoms with Crippen molar-refractivity contribution in [1.29, 1.82) is 0 Å². The molecule has 98 valence electrons. The Kier molecular flexibility index (Phi) is 3.23. The highest BCUT2D eigenvalue weighted by Crippen LogP contribution is 2.37. The first-order chi connectivity index (χ1) is 8.45. The van der Waals surface area contributed by atoms with Gasteiger partial charge in [-0.05, 0) is 18.9 Å². The molecule has 1 saturated carbocycles. The maximum atomic E-state index is 11.7. The van der Waals surface area contributed by atoms with Gasteiger partial charge in [-0.3, -0.25) is 14.3 Å². The number of hydrogen-bond acceptors (Lipinski definition) is 4. The number of hydrogen-bond donors (Lipinski definition) is 3. The van der Waals surface area contributed by atoms with E-state index in [1.807, 2.05) is 0 Å². The molecule has 1 aliphatic rings. The van der Waals surface area contributed by atoms with E-state index >= 15 is 0 Å². The third-order valence-corrected chi connectivity index (χ3v) is 3.51. The molecule has 1 aromatic heterocycles. The predicted octanol–water partition coefficient (Wildman–Crippen LogP) is -0.685. The van der Waals surface area contributed by atoms with Crippen molar-refractivity contribution in [2.24, 2.45) is 5.92 Å². The molecular weight excluding hydrogens is 236 g/mol. The lowest BCUT2D eigenvalue weighted by Crippen LogP contribution is -2.33. The molecule has 18 heavy (non-hydrogen) atoms. The average molecular weight is 252 g/mol. The fourth-order valence-electron chi connectivity index (χ4n) is 2.39. The van der Waals surface area contributed by atoms with Crippen LogP contribution in [0.4, 0.5) is 0 Å². The molecule has 1 fully saturated rings. The summed E-state index contributed by atoms with van der Waals surface area (Å²) in [6.45, 7) is 5.24. The van der Waals surface area contributed by atoms with Crippen LogP contribution in [0.2, 0.25) is 0 Å². The van der Waals surface area contributed by atoms with Gasteiger partial charge in [0.05, 0.1) is 18.8 Å². The highest BCUT2D eigenvalue weighted by molar-refractivity contribution is 5.19. The van der Waals surface area contributed by atoms with Crippen LogP contribution in [0.3, 0.4) is 0 Å². The lowest BCUT2D eigenvalue weighted by molar-refractivity contribution is 0.101. The van der Waals surface area contributed by atoms with Crippen molar-refractivity contribution in [2.75, 3.05) is 6.61 Å². The first-order valence-corrected chi connectivity index (χ1v) is 5.75. The van der Waals surface area contributed by atoms with Crippen LogP contribution in [0.5, 0.6) is 0 Å². The first-order valence-electron chi connectivity index (χ1n) is 5.75. The van der Waals surface area contributed by atoms with E-state index in [0.29, 0.717) is 17.6 Å². The molecule has 2 rings (SSSR count). The predicted molar refractivity (Wildman–Crippen MR) is 65.4 cm³/mol. The maximum Gasteiger partial charge on any atom is 0.328 e. The van der Waals surface area contributed by atoms with E-state index < -0.39 is 23.3 Å². The minimum atomic E-state index is -0.716. The summed E-state index contributed by atoms with van der Waals surface area (Å²) in [4.78, 5) is 25.3. The van der Waals surface area contributed by atoms with Crippen molar-refractivity contribution in [1.82, 2.24) is 9.55 Å². The molecule has 1 aliphatic carbocycles. The van der Waals surface area contributed by atoms with E-state index in [-0.39, 0.29) is 12.6 Å². The van der Waals surface area contributed by atoms with E-state index in [2.05, 4.69) is 11.6 Å². The minimum Gasteiger partial charge on any atom is -0.396 e. The van der Waals surface area contributed by atoms with Gasteiger partial charge in [-0.15, -0.1) is 0 Å². The van der Waals surface area contributed by atoms with Gasteiger partial charge in [0, 0.05) is 17.7 Å². The fraction of sp³-hybridized carbons (Fsp3) is 0.500. The summed E-state index contributed by atoms with van der Waals surface area (Å²) in [6.07, 6.45) is 1.06. The Morgan fingerprint density at radius 2 is 2.22 bits per heavy atom. The standard InChI is InChI=1S/C12H16N2O4/c1-6-4-14(12(18)13-11(6)17)9-3-10(16)8(5-15)7(9)2/h4,8-10,15-16H,2-3,5H2,1H3,(H,13,17,18)/t8-,9-,10-/m1/s1. The molecule has 0 spiro atoms. The van der Waals surface area contributed by atoms with Gasteiger partial charge in [0.2, 0.25) is 0 Å². The highest BCUT2D eigenvalue weighted by Gasteiger charge is 2.37. The number of aliphatic hydroxyl groups is 2. The Balaban J connectivity index is 2.45. The summed E-state index contributed by atoms with van der Waals surface area (Å²) in [5.74, 6) is -0.422. The third kappa shape index (κ3) is 1.93. The highest BCUT2D eigenvalue weighted by atomic mass is 16.3. The van der Waals surface area contributed by atoms with Gasteiger partial charge in [-0.1, -0.05) is 6.58 Å². The molecule has 0 aromatic carbocycles. The van der Waals surface area contributed by atoms with Gasteiger partial charge in [-0.25, -0.2) is 4.79 Å². The summed E-state index contributed by atoms with van der Waals surface area (Å²) in [5, 5.41) is 19.0. The maximum absolute atomic E-state index is 11.7. The zero-order valence-corrected chi connectivity index (χ0v) is 10.1. The van der Waals surface area contributed by atoms with Crippen LogP contribution in [0.15, 0.2) is 27.9 Å². The molecule has 0 aliphatic heterocycles. The van der Waals surface area contributed by atoms with Crippen LogP contribution in [-0.2, 0) is 0 Å². The number of H-pyrrole nitrogens is 1. The topological polar surface area (TPSA) is 95.3 Å². The third-order valence-electron chi connectivity index (χ3n) is 3.51. The minimum absolute atomic E-state index is 0.201. The molecule has 1 aromatic rings. The van der Waals surface area contributed by atoms with Crippen LogP contribution in [0, 0.1) is 12.8 Å². The van der Waals surface area contributed by atoms with Crippen LogP contribution in [0.25, 0.3) is 0 Å². The molecule has 6 nitrogen and oxygen atoms in total. The second-order valence-corrected chi connectivity index (χ2v) is 4.66. The van der Waals surface area contributed by atoms with Crippen LogP contribution in [0.1, 0.15) is 18.0 Å². The number of nitrogens with zero attached hydrogens (tertiary/aromatic N) is 1. The van der Waals surface area contributed by atoms with E-state index in [1.165, 1.54) is 10.8 Å². The van der Waals surface area contributed by atoms with Crippen LogP contribution in [-0.4, -0.2) is 32.5 Å². The zero-order chi connectivity index (χ0) is 13.4. The summed E-state index contributed by atoms with van der Waals surface area (Å²) >= 11 is 0. The molecule has 0 amide bonds. The van der Waals surface area contributed by atoms with Gasteiger partial charge < -0.3 is 10.2 Å². The largest absolute Gasteiger partial charge is 0.396 e. The number of rotatable bonds is 2. The van der Waals surface area contributed by atoms with E-state index in [9.17, 15) is 19.8 Å². The number of nitrogens with one attached hydrogen (secondary N) is 1. The Hall–Kier alpha value is -1.66. The summed E-state index contributed by atoms with van der Waals surface area (Å²) in [7, 11) is 0. The molecule has 1 heterocycles. The first kappa shape index (κ1) is 12.8. The van der Waals surface area contributed by atoms with Crippen LogP contribution < -0.4 is 11.2 Å². The van der Waals surface area contributed by atoms with E-state index in [0.717, 1.165) is 0 Å². The van der Waals surface area contributed by atoms with Gasteiger partial charge in [-0.2, -0.15) is 0 Å². The molecule has 0 saturated heterocycles. The van der Waals surface area contributed by atoms with Crippen molar-refractivity contribution in [2.45, 2.75) is 25.5 Å². The van der Waals surface area contributed by atoms with Crippen molar-refractivity contribution in [3.63, 3.8) is 0 Å². The fourth-order valence-corrected chi connectivity index (χ4v) is 2.39. The van der Waals surface area contributed by atoms with Crippen molar-refractivity contribution in [3.8, 4) is 0 Å². The molecule has 0 radical (unpaired) electrons. The number of aryl methyl sites for hydroxylation is 1. The normalized spacial score (nSPS) is 27.7. The molecular formula is C12H16N2O4. The summed E-state index contributed by atoms with van der Waals surface area (Å²) in [6, 6.07) is -0.389. The van der Waals surface area contributed by atoms with Gasteiger partial charge in [0.1, 0.15) is 0 Å². The monoisotopic (exact) mass is 252 g/mol. The SMILES string of the molecule is C=C1[C@@H](CO)[C@H](O)C[C@H]1n1cc(C)c(=O)[nH]c1=O. The summed E-state index contributed by atoms with van der Waals surface area (Å²) < 4.78 is 1.36. The average Bonchev–Trinajstić information content (AvgIpc) is 2.59. The smallest absolute Gasteiger partial charge is 0.328 e. The number of aromatic amines is 1. The zero-order valence-electron chi connectivity index (χ0n) is 10.1. The van der Waals surface area contributed by atoms with E-state index in [1.54, 1.807) is 6.92 Å². The Morgan fingerprint density at radius 1 is 1.56 bits per heavy atom. The molecule has 3 N–H and O–H groups in total. The lowest BCUT2D eigenvalue weighted by atomic mass is 10.0. The van der Waals surface area contributed by atoms with E-state index in [4.69, 9.17) is 0 Å². The molecule has 0 unspecified atom stereocenters. The van der Waals surface area contributed by atoms with Crippen molar-refractivity contribution >= 4 is 0 Å². The lowest BCUT2D eigenvalue weighted by Gasteiger charge is -2.16. The Bertz CT molecular complexity index is 586. The number of aromatic nitrogens is 2. The van der Waals surface area contributed by atoms with Crippen molar-refractivity contribution in [3.05, 3.63) is 44.8 Å². The van der Waals surface area contributed by atoms with Gasteiger partial charge >= 0.3 is 5.69 Å². The number of aliphatic hydroxyl groups excluding tert-OH is 2. The second kappa shape index (κ2) is 4.55. The summed E-state index contributed by atoms with van der Waals surface area (Å²) in [5.41, 5.74) is 0.0875. The van der Waals surface area contributed by atoms with Gasteiger partial charge in [0.15, 0.2) is 0 Å². The molecule has 3 atom stereocenters. The quantitative estimate of drug-likeness (QED) is 0.607. The second-order valence-electron chi connectivity index (χ2n) is 4.66. The van der Waals surface area contributed by atoms with Crippen LogP contribution >= 0.6 is 0 Å².